The summed E-state index contributed by atoms with van der Waals surface area (Å²) >= 11 is 1.36. The molecule has 1 aliphatic rings. The smallest absolute Gasteiger partial charge is 0.243 e. The minimum atomic E-state index is -0.547. The molecule has 2 aromatic carbocycles. The Morgan fingerprint density at radius 3 is 2.48 bits per heavy atom. The zero-order chi connectivity index (χ0) is 23.6. The van der Waals surface area contributed by atoms with Crippen molar-refractivity contribution < 1.29 is 18.7 Å². The van der Waals surface area contributed by atoms with Gasteiger partial charge in [-0.2, -0.15) is 0 Å². The Morgan fingerprint density at radius 1 is 1.15 bits per heavy atom. The number of amides is 2. The highest BCUT2D eigenvalue weighted by Crippen LogP contribution is 2.22. The predicted octanol–water partition coefficient (Wildman–Crippen LogP) is 4.93. The maximum Gasteiger partial charge on any atom is 0.243 e. The van der Waals surface area contributed by atoms with E-state index in [4.69, 9.17) is 4.74 Å². The Bertz CT molecular complexity index is 916. The van der Waals surface area contributed by atoms with Crippen LogP contribution >= 0.6 is 11.8 Å². The molecule has 2 amide bonds. The van der Waals surface area contributed by atoms with E-state index in [-0.39, 0.29) is 29.4 Å². The summed E-state index contributed by atoms with van der Waals surface area (Å²) < 4.78 is 19.2. The summed E-state index contributed by atoms with van der Waals surface area (Å²) in [4.78, 5) is 28.1. The molecule has 1 saturated carbocycles. The fourth-order valence-electron chi connectivity index (χ4n) is 4.16. The highest BCUT2D eigenvalue weighted by Gasteiger charge is 2.30. The minimum absolute atomic E-state index is 0.0923. The number of nitrogens with zero attached hydrogens (tertiary/aromatic N) is 1. The Kier molecular flexibility index (Phi) is 9.61. The van der Waals surface area contributed by atoms with Gasteiger partial charge in [-0.25, -0.2) is 4.39 Å². The number of carbonyl (C=O) groups is 2. The molecule has 5 nitrogen and oxygen atoms in total. The van der Waals surface area contributed by atoms with E-state index < -0.39 is 6.04 Å². The van der Waals surface area contributed by atoms with Crippen LogP contribution in [0.25, 0.3) is 0 Å². The molecular formula is C26H33FN2O3S. The van der Waals surface area contributed by atoms with Crippen molar-refractivity contribution in [3.05, 3.63) is 65.5 Å². The maximum atomic E-state index is 13.9. The van der Waals surface area contributed by atoms with Gasteiger partial charge in [-0.15, -0.1) is 11.8 Å². The van der Waals surface area contributed by atoms with Gasteiger partial charge in [0.25, 0.3) is 0 Å². The fourth-order valence-corrected chi connectivity index (χ4v) is 5.06. The first-order chi connectivity index (χ1) is 16.0. The largest absolute Gasteiger partial charge is 0.497 e. The van der Waals surface area contributed by atoms with Crippen molar-refractivity contribution in [1.29, 1.82) is 0 Å². The van der Waals surface area contributed by atoms with Crippen LogP contribution in [0.2, 0.25) is 0 Å². The van der Waals surface area contributed by atoms with Gasteiger partial charge in [0.2, 0.25) is 11.8 Å². The van der Waals surface area contributed by atoms with Crippen molar-refractivity contribution in [3.63, 3.8) is 0 Å². The zero-order valence-corrected chi connectivity index (χ0v) is 20.2. The lowest BCUT2D eigenvalue weighted by molar-refractivity contribution is -0.139. The van der Waals surface area contributed by atoms with E-state index in [0.717, 1.165) is 37.0 Å². The molecule has 7 heteroatoms. The number of nitrogens with one attached hydrogen (secondary N) is 1. The van der Waals surface area contributed by atoms with Gasteiger partial charge in [0.15, 0.2) is 0 Å². The normalized spacial score (nSPS) is 14.6. The highest BCUT2D eigenvalue weighted by molar-refractivity contribution is 7.99. The first-order valence-electron chi connectivity index (χ1n) is 11.6. The molecule has 0 aliphatic heterocycles. The van der Waals surface area contributed by atoms with Gasteiger partial charge in [0.05, 0.1) is 12.9 Å². The standard InChI is InChI=1S/C26H33FN2O3S/c1-3-24(26(31)28-21-9-5-6-10-21)29(16-19-12-14-22(32-2)15-13-19)25(30)18-33-17-20-8-4-7-11-23(20)27/h4,7-8,11-15,21,24H,3,5-6,9-10,16-18H2,1-2H3,(H,28,31). The maximum absolute atomic E-state index is 13.9. The first kappa shape index (κ1) is 25.1. The number of ether oxygens (including phenoxy) is 1. The van der Waals surface area contributed by atoms with Gasteiger partial charge in [-0.3, -0.25) is 9.59 Å². The molecule has 2 aromatic rings. The van der Waals surface area contributed by atoms with Crippen LogP contribution < -0.4 is 10.1 Å². The average molecular weight is 473 g/mol. The van der Waals surface area contributed by atoms with Gasteiger partial charge in [0.1, 0.15) is 17.6 Å². The second-order valence-corrected chi connectivity index (χ2v) is 9.35. The Labute approximate surface area is 200 Å². The number of benzene rings is 2. The van der Waals surface area contributed by atoms with Gasteiger partial charge in [-0.05, 0) is 48.6 Å². The predicted molar refractivity (Wildman–Crippen MR) is 131 cm³/mol. The van der Waals surface area contributed by atoms with Crippen LogP contribution in [0, 0.1) is 5.82 Å². The second kappa shape index (κ2) is 12.6. The lowest BCUT2D eigenvalue weighted by Crippen LogP contribution is -2.51. The lowest BCUT2D eigenvalue weighted by Gasteiger charge is -2.31. The Morgan fingerprint density at radius 2 is 1.85 bits per heavy atom. The number of rotatable bonds is 11. The van der Waals surface area contributed by atoms with Crippen LogP contribution in [0.5, 0.6) is 5.75 Å². The summed E-state index contributed by atoms with van der Waals surface area (Å²) in [5.74, 6) is 0.835. The average Bonchev–Trinajstić information content (AvgIpc) is 3.33. The van der Waals surface area contributed by atoms with E-state index in [2.05, 4.69) is 5.32 Å². The molecule has 0 heterocycles. The molecule has 0 saturated heterocycles. The lowest BCUT2D eigenvalue weighted by atomic mass is 10.1. The van der Waals surface area contributed by atoms with E-state index in [9.17, 15) is 14.0 Å². The molecule has 178 valence electrons. The summed E-state index contributed by atoms with van der Waals surface area (Å²) in [6.45, 7) is 2.26. The molecule has 1 atom stereocenters. The molecule has 1 unspecified atom stereocenters. The van der Waals surface area contributed by atoms with E-state index in [1.54, 1.807) is 30.2 Å². The number of hydrogen-bond donors (Lipinski definition) is 1. The van der Waals surface area contributed by atoms with Crippen molar-refractivity contribution >= 4 is 23.6 Å². The molecule has 1 fully saturated rings. The van der Waals surface area contributed by atoms with Crippen LogP contribution in [0.15, 0.2) is 48.5 Å². The molecule has 1 aliphatic carbocycles. The molecule has 1 N–H and O–H groups in total. The SMILES string of the molecule is CCC(C(=O)NC1CCCC1)N(Cc1ccc(OC)cc1)C(=O)CSCc1ccccc1F. The summed E-state index contributed by atoms with van der Waals surface area (Å²) in [6, 6.07) is 13.8. The molecule has 33 heavy (non-hydrogen) atoms. The third kappa shape index (κ3) is 7.22. The van der Waals surface area contributed by atoms with Crippen LogP contribution in [-0.4, -0.2) is 41.7 Å². The second-order valence-electron chi connectivity index (χ2n) is 8.37. The monoisotopic (exact) mass is 472 g/mol. The summed E-state index contributed by atoms with van der Waals surface area (Å²) in [6.07, 6.45) is 4.77. The Balaban J connectivity index is 1.71. The van der Waals surface area contributed by atoms with E-state index in [1.165, 1.54) is 17.8 Å². The van der Waals surface area contributed by atoms with Crippen LogP contribution in [0.3, 0.4) is 0 Å². The molecule has 0 bridgehead atoms. The summed E-state index contributed by atoms with van der Waals surface area (Å²) in [5, 5.41) is 3.15. The minimum Gasteiger partial charge on any atom is -0.497 e. The van der Waals surface area contributed by atoms with Gasteiger partial charge in [-0.1, -0.05) is 50.1 Å². The van der Waals surface area contributed by atoms with Gasteiger partial charge in [0, 0.05) is 18.3 Å². The van der Waals surface area contributed by atoms with Crippen molar-refractivity contribution in [3.8, 4) is 5.75 Å². The van der Waals surface area contributed by atoms with E-state index in [0.29, 0.717) is 24.3 Å². The fraction of sp³-hybridized carbons (Fsp3) is 0.462. The molecule has 0 aromatic heterocycles. The first-order valence-corrected chi connectivity index (χ1v) is 12.7. The number of carbonyl (C=O) groups excluding carboxylic acids is 2. The number of thioether (sulfide) groups is 1. The number of hydrogen-bond acceptors (Lipinski definition) is 4. The number of halogens is 1. The van der Waals surface area contributed by atoms with Crippen LogP contribution in [0.4, 0.5) is 4.39 Å². The van der Waals surface area contributed by atoms with Gasteiger partial charge >= 0.3 is 0 Å². The van der Waals surface area contributed by atoms with Crippen molar-refractivity contribution in [2.24, 2.45) is 0 Å². The van der Waals surface area contributed by atoms with Crippen molar-refractivity contribution in [2.45, 2.75) is 63.4 Å². The summed E-state index contributed by atoms with van der Waals surface area (Å²) in [5.41, 5.74) is 1.50. The molecule has 3 rings (SSSR count). The Hall–Kier alpha value is -2.54. The van der Waals surface area contributed by atoms with Gasteiger partial charge < -0.3 is 15.0 Å². The molecule has 0 radical (unpaired) electrons. The van der Waals surface area contributed by atoms with Crippen LogP contribution in [-0.2, 0) is 21.9 Å². The van der Waals surface area contributed by atoms with E-state index in [1.807, 2.05) is 31.2 Å². The molecule has 0 spiro atoms. The van der Waals surface area contributed by atoms with Crippen molar-refractivity contribution in [2.75, 3.05) is 12.9 Å². The van der Waals surface area contributed by atoms with E-state index >= 15 is 0 Å². The van der Waals surface area contributed by atoms with Crippen LogP contribution in [0.1, 0.15) is 50.2 Å². The number of methoxy groups -OCH3 is 1. The third-order valence-electron chi connectivity index (χ3n) is 6.04. The topological polar surface area (TPSA) is 58.6 Å². The van der Waals surface area contributed by atoms with Crippen molar-refractivity contribution in [1.82, 2.24) is 10.2 Å². The quantitative estimate of drug-likeness (QED) is 0.504. The highest BCUT2D eigenvalue weighted by atomic mass is 32.2. The summed E-state index contributed by atoms with van der Waals surface area (Å²) in [7, 11) is 1.61. The zero-order valence-electron chi connectivity index (χ0n) is 19.4. The molecular weight excluding hydrogens is 439 g/mol. The third-order valence-corrected chi connectivity index (χ3v) is 7.01.